The van der Waals surface area contributed by atoms with Gasteiger partial charge in [0.25, 0.3) is 5.91 Å². The second-order valence-electron chi connectivity index (χ2n) is 9.38. The molecule has 0 saturated carbocycles. The minimum absolute atomic E-state index is 0.0216. The van der Waals surface area contributed by atoms with Crippen molar-refractivity contribution in [3.63, 3.8) is 0 Å². The largest absolute Gasteiger partial charge is 0.508 e. The fourth-order valence-corrected chi connectivity index (χ4v) is 3.31. The monoisotopic (exact) mass is 485 g/mol. The van der Waals surface area contributed by atoms with Crippen molar-refractivity contribution >= 4 is 5.91 Å². The first-order valence-electron chi connectivity index (χ1n) is 13.6. The number of aryl methyl sites for hydroxylation is 1. The van der Waals surface area contributed by atoms with Crippen LogP contribution in [0.3, 0.4) is 0 Å². The number of hydrogen-bond acceptors (Lipinski definition) is 3. The van der Waals surface area contributed by atoms with Crippen LogP contribution >= 0.6 is 0 Å². The van der Waals surface area contributed by atoms with Gasteiger partial charge in [-0.05, 0) is 41.5 Å². The molecule has 0 bridgehead atoms. The average molecular weight is 486 g/mol. The minimum Gasteiger partial charge on any atom is -0.508 e. The van der Waals surface area contributed by atoms with Gasteiger partial charge < -0.3 is 15.1 Å². The number of unbranched alkanes of at least 4 members (excludes halogenated alkanes) is 2. The van der Waals surface area contributed by atoms with Crippen molar-refractivity contribution < 1.29 is 15.0 Å². The van der Waals surface area contributed by atoms with Crippen molar-refractivity contribution in [3.05, 3.63) is 58.7 Å². The van der Waals surface area contributed by atoms with Crippen molar-refractivity contribution in [1.29, 1.82) is 0 Å². The Balaban J connectivity index is 0.00000126. The van der Waals surface area contributed by atoms with Gasteiger partial charge >= 0.3 is 0 Å². The van der Waals surface area contributed by atoms with E-state index in [1.165, 1.54) is 37.3 Å². The molecule has 0 fully saturated rings. The molecule has 198 valence electrons. The summed E-state index contributed by atoms with van der Waals surface area (Å²) in [5.41, 5.74) is 3.27. The fraction of sp³-hybridized carbons (Fsp3) is 0.581. The quantitative estimate of drug-likeness (QED) is 0.353. The Morgan fingerprint density at radius 1 is 0.771 bits per heavy atom. The maximum absolute atomic E-state index is 13.1. The number of nitrogens with zero attached hydrogens (tertiary/aromatic N) is 1. The van der Waals surface area contributed by atoms with Crippen LogP contribution in [0.2, 0.25) is 0 Å². The van der Waals surface area contributed by atoms with Crippen LogP contribution < -0.4 is 0 Å². The van der Waals surface area contributed by atoms with Crippen LogP contribution in [-0.4, -0.2) is 27.6 Å². The van der Waals surface area contributed by atoms with Crippen LogP contribution in [-0.2, 0) is 13.0 Å². The van der Waals surface area contributed by atoms with E-state index in [4.69, 9.17) is 0 Å². The van der Waals surface area contributed by atoms with Crippen LogP contribution in [0.1, 0.15) is 127 Å². The number of carbonyl (C=O) groups is 1. The van der Waals surface area contributed by atoms with Gasteiger partial charge in [0.1, 0.15) is 11.5 Å². The molecule has 4 heteroatoms. The number of benzene rings is 2. The second kappa shape index (κ2) is 18.8. The normalized spacial score (nSPS) is 10.2. The summed E-state index contributed by atoms with van der Waals surface area (Å²) in [4.78, 5) is 14.9. The molecule has 0 aliphatic carbocycles. The predicted molar refractivity (Wildman–Crippen MR) is 150 cm³/mol. The zero-order valence-electron chi connectivity index (χ0n) is 23.7. The van der Waals surface area contributed by atoms with Crippen LogP contribution in [0.4, 0.5) is 0 Å². The zero-order chi connectivity index (χ0) is 26.8. The number of rotatable bonds is 10. The van der Waals surface area contributed by atoms with E-state index in [-0.39, 0.29) is 28.9 Å². The molecule has 4 nitrogen and oxygen atoms in total. The Labute approximate surface area is 215 Å². The van der Waals surface area contributed by atoms with E-state index in [2.05, 4.69) is 46.8 Å². The van der Waals surface area contributed by atoms with Crippen molar-refractivity contribution in [2.45, 2.75) is 113 Å². The highest BCUT2D eigenvalue weighted by atomic mass is 16.3. The molecule has 35 heavy (non-hydrogen) atoms. The number of aromatic hydroxyl groups is 2. The van der Waals surface area contributed by atoms with Gasteiger partial charge in [0.05, 0.1) is 5.56 Å². The molecular weight excluding hydrogens is 434 g/mol. The molecule has 0 radical (unpaired) electrons. The summed E-state index contributed by atoms with van der Waals surface area (Å²) in [6.07, 6.45) is 8.21. The van der Waals surface area contributed by atoms with Gasteiger partial charge in [-0.25, -0.2) is 0 Å². The second-order valence-corrected chi connectivity index (χ2v) is 9.38. The van der Waals surface area contributed by atoms with Gasteiger partial charge in [-0.3, -0.25) is 4.79 Å². The molecular formula is C31H51NO3. The molecule has 2 aromatic carbocycles. The zero-order valence-corrected chi connectivity index (χ0v) is 23.7. The molecule has 0 unspecified atom stereocenters. The Morgan fingerprint density at radius 3 is 1.83 bits per heavy atom. The molecule has 0 aliphatic heterocycles. The number of phenolic OH excluding ortho intramolecular Hbond substituents is 2. The Kier molecular flexibility index (Phi) is 17.5. The third-order valence-corrected chi connectivity index (χ3v) is 5.68. The van der Waals surface area contributed by atoms with Crippen LogP contribution in [0.25, 0.3) is 0 Å². The van der Waals surface area contributed by atoms with E-state index in [0.717, 1.165) is 24.8 Å². The topological polar surface area (TPSA) is 60.8 Å². The minimum atomic E-state index is -0.211. The summed E-state index contributed by atoms with van der Waals surface area (Å²) >= 11 is 0. The van der Waals surface area contributed by atoms with Crippen molar-refractivity contribution in [2.75, 3.05) is 6.54 Å². The molecule has 2 N–H and O–H groups in total. The van der Waals surface area contributed by atoms with Crippen LogP contribution in [0.15, 0.2) is 36.4 Å². The number of carbonyl (C=O) groups excluding carboxylic acids is 1. The lowest BCUT2D eigenvalue weighted by Crippen LogP contribution is -2.31. The third-order valence-electron chi connectivity index (χ3n) is 5.68. The van der Waals surface area contributed by atoms with Gasteiger partial charge in [-0.2, -0.15) is 0 Å². The summed E-state index contributed by atoms with van der Waals surface area (Å²) in [6.45, 7) is 17.9. The lowest BCUT2D eigenvalue weighted by molar-refractivity contribution is 0.0740. The van der Waals surface area contributed by atoms with E-state index >= 15 is 0 Å². The van der Waals surface area contributed by atoms with Gasteiger partial charge in [0.2, 0.25) is 0 Å². The molecule has 0 atom stereocenters. The maximum Gasteiger partial charge on any atom is 0.257 e. The number of phenols is 2. The van der Waals surface area contributed by atoms with Crippen molar-refractivity contribution in [1.82, 2.24) is 4.90 Å². The smallest absolute Gasteiger partial charge is 0.257 e. The molecule has 0 aliphatic rings. The SMILES string of the molecule is CCCC.CCCC.CCCc1cccc(CN(CCC)C(=O)c2cc(C(C)C)c(O)cc2O)c1. The van der Waals surface area contributed by atoms with Crippen LogP contribution in [0, 0.1) is 0 Å². The first kappa shape index (κ1) is 32.5. The van der Waals surface area contributed by atoms with E-state index in [0.29, 0.717) is 18.7 Å². The summed E-state index contributed by atoms with van der Waals surface area (Å²) in [6, 6.07) is 11.2. The van der Waals surface area contributed by atoms with Gasteiger partial charge in [-0.15, -0.1) is 0 Å². The molecule has 1 amide bonds. The van der Waals surface area contributed by atoms with E-state index in [1.807, 2.05) is 32.9 Å². The molecule has 0 saturated heterocycles. The van der Waals surface area contributed by atoms with Gasteiger partial charge in [0.15, 0.2) is 0 Å². The van der Waals surface area contributed by atoms with Crippen LogP contribution in [0.5, 0.6) is 11.5 Å². The molecule has 2 rings (SSSR count). The molecule has 0 heterocycles. The highest BCUT2D eigenvalue weighted by Crippen LogP contribution is 2.33. The standard InChI is InChI=1S/C23H31NO3.2C4H10/c1-5-8-17-9-7-10-18(12-17)15-24(11-6-2)23(27)20-13-19(16(3)4)21(25)14-22(20)26;2*1-3-4-2/h7,9-10,12-14,16,25-26H,5-6,8,11,15H2,1-4H3;2*3-4H2,1-2H3. The Bertz CT molecular complexity index is 837. The third kappa shape index (κ3) is 12.2. The molecule has 2 aromatic rings. The molecule has 0 aromatic heterocycles. The summed E-state index contributed by atoms with van der Waals surface area (Å²) in [5.74, 6) is -0.309. The first-order valence-corrected chi connectivity index (χ1v) is 13.6. The van der Waals surface area contributed by atoms with Gasteiger partial charge in [0, 0.05) is 19.2 Å². The molecule has 0 spiro atoms. The van der Waals surface area contributed by atoms with Crippen molar-refractivity contribution in [2.24, 2.45) is 0 Å². The maximum atomic E-state index is 13.1. The summed E-state index contributed by atoms with van der Waals surface area (Å²) in [5, 5.41) is 20.3. The Hall–Kier alpha value is -2.49. The predicted octanol–water partition coefficient (Wildman–Crippen LogP) is 8.84. The number of amides is 1. The lowest BCUT2D eigenvalue weighted by Gasteiger charge is -2.24. The number of hydrogen-bond donors (Lipinski definition) is 2. The highest BCUT2D eigenvalue weighted by molar-refractivity contribution is 5.97. The summed E-state index contributed by atoms with van der Waals surface area (Å²) < 4.78 is 0. The highest BCUT2D eigenvalue weighted by Gasteiger charge is 2.22. The average Bonchev–Trinajstić information content (AvgIpc) is 2.84. The first-order chi connectivity index (χ1) is 16.7. The lowest BCUT2D eigenvalue weighted by atomic mass is 9.98. The fourth-order valence-electron chi connectivity index (χ4n) is 3.31. The van der Waals surface area contributed by atoms with E-state index in [1.54, 1.807) is 11.0 Å². The summed E-state index contributed by atoms with van der Waals surface area (Å²) in [7, 11) is 0. The Morgan fingerprint density at radius 2 is 1.34 bits per heavy atom. The van der Waals surface area contributed by atoms with Gasteiger partial charge in [-0.1, -0.05) is 112 Å². The van der Waals surface area contributed by atoms with E-state index in [9.17, 15) is 15.0 Å². The van der Waals surface area contributed by atoms with E-state index < -0.39 is 0 Å². The van der Waals surface area contributed by atoms with Crippen molar-refractivity contribution in [3.8, 4) is 11.5 Å².